The van der Waals surface area contributed by atoms with E-state index >= 15 is 0 Å². The molecule has 0 radical (unpaired) electrons. The zero-order valence-electron chi connectivity index (χ0n) is 14.7. The van der Waals surface area contributed by atoms with E-state index in [1.807, 2.05) is 7.05 Å². The maximum atomic E-state index is 12.6. The van der Waals surface area contributed by atoms with Gasteiger partial charge in [0.15, 0.2) is 0 Å². The zero-order chi connectivity index (χ0) is 19.6. The van der Waals surface area contributed by atoms with E-state index in [4.69, 9.17) is 17.3 Å². The van der Waals surface area contributed by atoms with Gasteiger partial charge in [-0.2, -0.15) is 13.9 Å². The molecule has 2 heterocycles. The van der Waals surface area contributed by atoms with Gasteiger partial charge in [-0.05, 0) is 25.2 Å². The smallest absolute Gasteiger partial charge is 0.387 e. The van der Waals surface area contributed by atoms with Crippen LogP contribution in [-0.2, 0) is 11.3 Å². The number of carbonyl (C=O) groups is 1. The summed E-state index contributed by atoms with van der Waals surface area (Å²) in [5, 5.41) is 4.53. The van der Waals surface area contributed by atoms with Crippen LogP contribution in [0.15, 0.2) is 24.4 Å². The van der Waals surface area contributed by atoms with Crippen LogP contribution in [0, 0.1) is 0 Å². The monoisotopic (exact) mass is 398 g/mol. The highest BCUT2D eigenvalue weighted by Crippen LogP contribution is 2.37. The van der Waals surface area contributed by atoms with Crippen molar-refractivity contribution in [3.63, 3.8) is 0 Å². The SMILES string of the molecule is CN1CCN(C(=O)Cn2cc([NH-])c(-c3cc(Cl)ccc3OC(F)F)n2)CC1. The molecule has 146 valence electrons. The molecule has 0 aliphatic carbocycles. The summed E-state index contributed by atoms with van der Waals surface area (Å²) in [6.07, 6.45) is 1.39. The summed E-state index contributed by atoms with van der Waals surface area (Å²) in [6.45, 7) is -0.163. The largest absolute Gasteiger partial charge is 0.696 e. The van der Waals surface area contributed by atoms with Gasteiger partial charge < -0.3 is 20.3 Å². The first-order valence-electron chi connectivity index (χ1n) is 8.33. The van der Waals surface area contributed by atoms with Crippen molar-refractivity contribution in [2.24, 2.45) is 0 Å². The van der Waals surface area contributed by atoms with Crippen molar-refractivity contribution < 1.29 is 18.3 Å². The van der Waals surface area contributed by atoms with Crippen molar-refractivity contribution in [3.8, 4) is 17.0 Å². The summed E-state index contributed by atoms with van der Waals surface area (Å²) in [5.41, 5.74) is 8.38. The molecule has 1 aromatic heterocycles. The van der Waals surface area contributed by atoms with E-state index in [1.54, 1.807) is 4.90 Å². The molecule has 27 heavy (non-hydrogen) atoms. The van der Waals surface area contributed by atoms with Gasteiger partial charge in [0, 0.05) is 43.0 Å². The standard InChI is InChI=1S/C17H19ClF2N5O2/c1-23-4-6-24(7-5-23)15(26)10-25-9-13(21)16(22-25)12-8-11(18)2-3-14(12)27-17(19)20/h2-3,8-9,17,21H,4-7,10H2,1H3/q-1. The van der Waals surface area contributed by atoms with E-state index < -0.39 is 6.61 Å². The average molecular weight is 399 g/mol. The molecule has 1 aromatic carbocycles. The summed E-state index contributed by atoms with van der Waals surface area (Å²) in [6, 6.07) is 4.13. The fraction of sp³-hybridized carbons (Fsp3) is 0.412. The van der Waals surface area contributed by atoms with Gasteiger partial charge in [0.1, 0.15) is 12.3 Å². The number of amides is 1. The third kappa shape index (κ3) is 4.67. The fourth-order valence-corrected chi connectivity index (χ4v) is 3.05. The van der Waals surface area contributed by atoms with Crippen molar-refractivity contribution in [3.05, 3.63) is 35.2 Å². The van der Waals surface area contributed by atoms with E-state index in [0.29, 0.717) is 18.1 Å². The Balaban J connectivity index is 1.81. The molecule has 1 amide bonds. The van der Waals surface area contributed by atoms with Gasteiger partial charge in [-0.15, -0.1) is 0 Å². The van der Waals surface area contributed by atoms with E-state index in [0.717, 1.165) is 13.1 Å². The van der Waals surface area contributed by atoms with Crippen LogP contribution in [0.1, 0.15) is 0 Å². The highest BCUT2D eigenvalue weighted by Gasteiger charge is 2.20. The second kappa shape index (κ2) is 8.10. The van der Waals surface area contributed by atoms with Crippen molar-refractivity contribution >= 4 is 23.2 Å². The third-order valence-corrected chi connectivity index (χ3v) is 4.56. The number of nitrogens with zero attached hydrogens (tertiary/aromatic N) is 4. The Morgan fingerprint density at radius 2 is 2.04 bits per heavy atom. The van der Waals surface area contributed by atoms with Crippen LogP contribution >= 0.6 is 11.6 Å². The summed E-state index contributed by atoms with van der Waals surface area (Å²) >= 11 is 5.96. The van der Waals surface area contributed by atoms with Crippen LogP contribution in [0.2, 0.25) is 5.02 Å². The minimum absolute atomic E-state index is 0.0115. The zero-order valence-corrected chi connectivity index (χ0v) is 15.4. The van der Waals surface area contributed by atoms with Gasteiger partial charge in [-0.1, -0.05) is 17.3 Å². The number of rotatable bonds is 5. The first kappa shape index (κ1) is 19.4. The summed E-state index contributed by atoms with van der Waals surface area (Å²) < 4.78 is 31.1. The highest BCUT2D eigenvalue weighted by atomic mass is 35.5. The molecule has 0 saturated carbocycles. The van der Waals surface area contributed by atoms with Crippen LogP contribution in [-0.4, -0.2) is 65.3 Å². The van der Waals surface area contributed by atoms with E-state index in [2.05, 4.69) is 14.7 Å². The van der Waals surface area contributed by atoms with Gasteiger partial charge in [0.2, 0.25) is 5.91 Å². The number of aromatic nitrogens is 2. The Bertz CT molecular complexity index is 822. The number of ether oxygens (including phenoxy) is 1. The predicted octanol–water partition coefficient (Wildman–Crippen LogP) is 3.26. The Morgan fingerprint density at radius 1 is 1.33 bits per heavy atom. The molecule has 1 fully saturated rings. The molecule has 1 saturated heterocycles. The van der Waals surface area contributed by atoms with E-state index in [9.17, 15) is 13.6 Å². The highest BCUT2D eigenvalue weighted by molar-refractivity contribution is 6.31. The molecule has 0 spiro atoms. The number of alkyl halides is 2. The molecular formula is C17H19ClF2N5O2-. The number of hydrogen-bond acceptors (Lipinski definition) is 4. The van der Waals surface area contributed by atoms with Crippen LogP contribution in [0.5, 0.6) is 5.75 Å². The van der Waals surface area contributed by atoms with Gasteiger partial charge in [0.25, 0.3) is 0 Å². The summed E-state index contributed by atoms with van der Waals surface area (Å²) in [7, 11) is 2.00. The van der Waals surface area contributed by atoms with Crippen molar-refractivity contribution in [1.29, 1.82) is 0 Å². The van der Waals surface area contributed by atoms with Crippen molar-refractivity contribution in [1.82, 2.24) is 19.6 Å². The quantitative estimate of drug-likeness (QED) is 0.774. The van der Waals surface area contributed by atoms with Crippen LogP contribution in [0.25, 0.3) is 17.0 Å². The topological polar surface area (TPSA) is 74.4 Å². The van der Waals surface area contributed by atoms with Crippen molar-refractivity contribution in [2.45, 2.75) is 13.2 Å². The fourth-order valence-electron chi connectivity index (χ4n) is 2.88. The Kier molecular flexibility index (Phi) is 5.81. The molecule has 1 N–H and O–H groups in total. The molecule has 0 bridgehead atoms. The molecular weight excluding hydrogens is 380 g/mol. The number of likely N-dealkylation sites (N-methyl/N-ethyl adjacent to an activating group) is 1. The van der Waals surface area contributed by atoms with Gasteiger partial charge in [0.05, 0.1) is 5.69 Å². The van der Waals surface area contributed by atoms with Crippen molar-refractivity contribution in [2.75, 3.05) is 33.2 Å². The molecule has 3 rings (SSSR count). The molecule has 1 aliphatic rings. The molecule has 1 aliphatic heterocycles. The lowest BCUT2D eigenvalue weighted by atomic mass is 10.1. The summed E-state index contributed by atoms with van der Waals surface area (Å²) in [4.78, 5) is 16.3. The number of hydrogen-bond donors (Lipinski definition) is 0. The van der Waals surface area contributed by atoms with Crippen LogP contribution in [0.3, 0.4) is 0 Å². The Hall–Kier alpha value is -2.39. The predicted molar refractivity (Wildman–Crippen MR) is 97.4 cm³/mol. The normalized spacial score (nSPS) is 15.4. The minimum Gasteiger partial charge on any atom is -0.696 e. The number of carbonyl (C=O) groups excluding carboxylic acids is 1. The first-order valence-corrected chi connectivity index (χ1v) is 8.71. The second-order valence-electron chi connectivity index (χ2n) is 6.29. The lowest BCUT2D eigenvalue weighted by Crippen LogP contribution is -2.48. The number of benzene rings is 1. The molecule has 7 nitrogen and oxygen atoms in total. The van der Waals surface area contributed by atoms with Gasteiger partial charge in [-0.25, -0.2) is 0 Å². The lowest BCUT2D eigenvalue weighted by molar-refractivity contribution is -0.133. The number of piperazine rings is 1. The van der Waals surface area contributed by atoms with Crippen LogP contribution in [0.4, 0.5) is 14.5 Å². The number of nitrogens with one attached hydrogen (secondary N) is 1. The van der Waals surface area contributed by atoms with E-state index in [1.165, 1.54) is 29.1 Å². The molecule has 2 aromatic rings. The molecule has 10 heteroatoms. The first-order chi connectivity index (χ1) is 12.8. The maximum absolute atomic E-state index is 12.6. The number of halogens is 3. The minimum atomic E-state index is -3.01. The summed E-state index contributed by atoms with van der Waals surface area (Å²) in [5.74, 6) is -0.231. The van der Waals surface area contributed by atoms with E-state index in [-0.39, 0.29) is 35.1 Å². The average Bonchev–Trinajstić information content (AvgIpc) is 2.96. The second-order valence-corrected chi connectivity index (χ2v) is 6.73. The maximum Gasteiger partial charge on any atom is 0.387 e. The molecule has 0 unspecified atom stereocenters. The van der Waals surface area contributed by atoms with Gasteiger partial charge >= 0.3 is 6.61 Å². The Morgan fingerprint density at radius 3 is 2.70 bits per heavy atom. The Labute approximate surface area is 160 Å². The lowest BCUT2D eigenvalue weighted by Gasteiger charge is -2.32. The van der Waals surface area contributed by atoms with Gasteiger partial charge in [-0.3, -0.25) is 9.48 Å². The third-order valence-electron chi connectivity index (χ3n) is 4.33. The molecule has 0 atom stereocenters. The van der Waals surface area contributed by atoms with Crippen LogP contribution < -0.4 is 4.74 Å².